The topological polar surface area (TPSA) is 40.7 Å². The second-order valence-corrected chi connectivity index (χ2v) is 2.64. The van der Waals surface area contributed by atoms with E-state index in [2.05, 4.69) is 22.1 Å². The third-order valence-corrected chi connectivity index (χ3v) is 1.30. The van der Waals surface area contributed by atoms with Crippen LogP contribution in [0.3, 0.4) is 0 Å². The van der Waals surface area contributed by atoms with Gasteiger partial charge in [-0.3, -0.25) is 5.10 Å². The molecule has 0 aliphatic carbocycles. The largest absolute Gasteiger partial charge is 0.307 e. The van der Waals surface area contributed by atoms with E-state index in [-0.39, 0.29) is 0 Å². The molecular weight excluding hydrogens is 138 g/mol. The van der Waals surface area contributed by atoms with Gasteiger partial charge in [-0.15, -0.1) is 0 Å². The Bertz CT molecular complexity index is 213. The smallest absolute Gasteiger partial charge is 0.0490 e. The van der Waals surface area contributed by atoms with E-state index >= 15 is 0 Å². The van der Waals surface area contributed by atoms with Crippen molar-refractivity contribution in [2.24, 2.45) is 0 Å². The van der Waals surface area contributed by atoms with Crippen molar-refractivity contribution in [3.63, 3.8) is 0 Å². The maximum absolute atomic E-state index is 3.83. The van der Waals surface area contributed by atoms with Gasteiger partial charge in [0.15, 0.2) is 0 Å². The van der Waals surface area contributed by atoms with Gasteiger partial charge >= 0.3 is 0 Å². The van der Waals surface area contributed by atoms with Crippen molar-refractivity contribution in [3.8, 4) is 0 Å². The van der Waals surface area contributed by atoms with Gasteiger partial charge in [0.1, 0.15) is 0 Å². The van der Waals surface area contributed by atoms with Gasteiger partial charge in [0.05, 0.1) is 0 Å². The minimum atomic E-state index is 0.826. The van der Waals surface area contributed by atoms with Crippen LogP contribution in [0.2, 0.25) is 0 Å². The molecule has 0 fully saturated rings. The molecule has 2 N–H and O–H groups in total. The normalized spacial score (nSPS) is 9.91. The molecule has 1 heterocycles. The van der Waals surface area contributed by atoms with E-state index < -0.39 is 0 Å². The number of H-pyrrole nitrogens is 1. The van der Waals surface area contributed by atoms with Crippen molar-refractivity contribution in [1.82, 2.24) is 15.5 Å². The average molecular weight is 151 g/mol. The molecule has 0 amide bonds. The summed E-state index contributed by atoms with van der Waals surface area (Å²) in [5.74, 6) is 0. The van der Waals surface area contributed by atoms with Crippen LogP contribution in [0.15, 0.2) is 24.4 Å². The first kappa shape index (κ1) is 8.01. The average Bonchev–Trinajstić information content (AvgIpc) is 2.39. The lowest BCUT2D eigenvalue weighted by atomic mass is 10.3. The molecule has 3 nitrogen and oxygen atoms in total. The molecule has 0 aliphatic rings. The zero-order valence-electron chi connectivity index (χ0n) is 6.72. The molecule has 0 spiro atoms. The summed E-state index contributed by atoms with van der Waals surface area (Å²) in [5, 5.41) is 9.92. The molecule has 60 valence electrons. The van der Waals surface area contributed by atoms with E-state index in [0.29, 0.717) is 0 Å². The second-order valence-electron chi connectivity index (χ2n) is 2.64. The lowest BCUT2D eigenvalue weighted by Gasteiger charge is -2.00. The van der Waals surface area contributed by atoms with E-state index in [1.54, 1.807) is 6.20 Å². The van der Waals surface area contributed by atoms with Crippen LogP contribution < -0.4 is 5.32 Å². The van der Waals surface area contributed by atoms with Crippen molar-refractivity contribution < 1.29 is 0 Å². The van der Waals surface area contributed by atoms with Gasteiger partial charge in [-0.1, -0.05) is 12.2 Å². The predicted octanol–water partition coefficient (Wildman–Crippen LogP) is 1.08. The Morgan fingerprint density at radius 2 is 2.64 bits per heavy atom. The third kappa shape index (κ3) is 3.00. The van der Waals surface area contributed by atoms with Gasteiger partial charge in [-0.05, 0) is 13.0 Å². The Balaban J connectivity index is 2.19. The summed E-state index contributed by atoms with van der Waals surface area (Å²) in [7, 11) is 0. The highest BCUT2D eigenvalue weighted by Gasteiger charge is 1.91. The van der Waals surface area contributed by atoms with Crippen LogP contribution in [0.1, 0.15) is 12.6 Å². The standard InChI is InChI=1S/C8H13N3/c1-7(2)5-9-6-8-3-4-10-11-8/h3-4,9H,1,5-6H2,2H3,(H,10,11). The van der Waals surface area contributed by atoms with Gasteiger partial charge in [0.25, 0.3) is 0 Å². The van der Waals surface area contributed by atoms with Crippen molar-refractivity contribution in [1.29, 1.82) is 0 Å². The summed E-state index contributed by atoms with van der Waals surface area (Å²) in [5.41, 5.74) is 2.25. The van der Waals surface area contributed by atoms with E-state index in [4.69, 9.17) is 0 Å². The molecule has 11 heavy (non-hydrogen) atoms. The quantitative estimate of drug-likeness (QED) is 0.632. The molecule has 3 heteroatoms. The van der Waals surface area contributed by atoms with Crippen molar-refractivity contribution in [3.05, 3.63) is 30.1 Å². The number of rotatable bonds is 4. The molecule has 0 saturated heterocycles. The molecule has 0 aromatic carbocycles. The highest BCUT2D eigenvalue weighted by atomic mass is 15.1. The fourth-order valence-electron chi connectivity index (χ4n) is 0.794. The zero-order chi connectivity index (χ0) is 8.10. The second kappa shape index (κ2) is 3.93. The Labute approximate surface area is 66.5 Å². The summed E-state index contributed by atoms with van der Waals surface area (Å²) in [4.78, 5) is 0. The molecule has 0 radical (unpaired) electrons. The molecule has 0 atom stereocenters. The van der Waals surface area contributed by atoms with Crippen LogP contribution in [0.25, 0.3) is 0 Å². The van der Waals surface area contributed by atoms with Gasteiger partial charge in [0.2, 0.25) is 0 Å². The summed E-state index contributed by atoms with van der Waals surface area (Å²) in [6.07, 6.45) is 1.75. The maximum Gasteiger partial charge on any atom is 0.0490 e. The Kier molecular flexibility index (Phi) is 2.86. The van der Waals surface area contributed by atoms with Gasteiger partial charge < -0.3 is 5.32 Å². The number of aromatic amines is 1. The van der Waals surface area contributed by atoms with Gasteiger partial charge in [-0.2, -0.15) is 5.10 Å². The third-order valence-electron chi connectivity index (χ3n) is 1.30. The van der Waals surface area contributed by atoms with Crippen LogP contribution in [-0.4, -0.2) is 16.7 Å². The Morgan fingerprint density at radius 3 is 3.18 bits per heavy atom. The van der Waals surface area contributed by atoms with Crippen LogP contribution in [-0.2, 0) is 6.54 Å². The van der Waals surface area contributed by atoms with E-state index in [0.717, 1.165) is 24.4 Å². The molecular formula is C8H13N3. The summed E-state index contributed by atoms with van der Waals surface area (Å²) >= 11 is 0. The van der Waals surface area contributed by atoms with Crippen LogP contribution >= 0.6 is 0 Å². The van der Waals surface area contributed by atoms with Crippen LogP contribution in [0, 0.1) is 0 Å². The number of aromatic nitrogens is 2. The minimum absolute atomic E-state index is 0.826. The molecule has 0 aliphatic heterocycles. The highest BCUT2D eigenvalue weighted by Crippen LogP contribution is 1.90. The number of hydrogen-bond donors (Lipinski definition) is 2. The van der Waals surface area contributed by atoms with Crippen molar-refractivity contribution in [2.75, 3.05) is 6.54 Å². The molecule has 0 bridgehead atoms. The summed E-state index contributed by atoms with van der Waals surface area (Å²) in [6.45, 7) is 7.47. The SMILES string of the molecule is C=C(C)CNCc1ccn[nH]1. The minimum Gasteiger partial charge on any atom is -0.307 e. The molecule has 1 aromatic rings. The van der Waals surface area contributed by atoms with E-state index in [9.17, 15) is 0 Å². The fraction of sp³-hybridized carbons (Fsp3) is 0.375. The van der Waals surface area contributed by atoms with Gasteiger partial charge in [-0.25, -0.2) is 0 Å². The summed E-state index contributed by atoms with van der Waals surface area (Å²) < 4.78 is 0. The van der Waals surface area contributed by atoms with E-state index in [1.807, 2.05) is 13.0 Å². The fourth-order valence-corrected chi connectivity index (χ4v) is 0.794. The number of nitrogens with zero attached hydrogens (tertiary/aromatic N) is 1. The maximum atomic E-state index is 3.83. The monoisotopic (exact) mass is 151 g/mol. The lowest BCUT2D eigenvalue weighted by Crippen LogP contribution is -2.15. The molecule has 1 rings (SSSR count). The van der Waals surface area contributed by atoms with Crippen LogP contribution in [0.5, 0.6) is 0 Å². The zero-order valence-corrected chi connectivity index (χ0v) is 6.72. The highest BCUT2D eigenvalue weighted by molar-refractivity contribution is 4.98. The first-order valence-electron chi connectivity index (χ1n) is 3.62. The number of nitrogens with one attached hydrogen (secondary N) is 2. The number of hydrogen-bond acceptors (Lipinski definition) is 2. The molecule has 1 aromatic heterocycles. The van der Waals surface area contributed by atoms with Crippen molar-refractivity contribution in [2.45, 2.75) is 13.5 Å². The first-order valence-corrected chi connectivity index (χ1v) is 3.62. The van der Waals surface area contributed by atoms with E-state index in [1.165, 1.54) is 0 Å². The first-order chi connectivity index (χ1) is 5.29. The molecule has 0 saturated carbocycles. The van der Waals surface area contributed by atoms with Crippen molar-refractivity contribution >= 4 is 0 Å². The Morgan fingerprint density at radius 1 is 1.82 bits per heavy atom. The summed E-state index contributed by atoms with van der Waals surface area (Å²) in [6, 6.07) is 1.95. The van der Waals surface area contributed by atoms with Gasteiger partial charge in [0, 0.05) is 25.0 Å². The van der Waals surface area contributed by atoms with Crippen LogP contribution in [0.4, 0.5) is 0 Å². The molecule has 0 unspecified atom stereocenters. The lowest BCUT2D eigenvalue weighted by molar-refractivity contribution is 0.720. The predicted molar refractivity (Wildman–Crippen MR) is 45.1 cm³/mol. The Hall–Kier alpha value is -1.09.